The lowest BCUT2D eigenvalue weighted by atomic mass is 9.67. The number of ether oxygens (including phenoxy) is 2. The van der Waals surface area contributed by atoms with Gasteiger partial charge in [0.1, 0.15) is 29.8 Å². The van der Waals surface area contributed by atoms with Crippen LogP contribution in [0.2, 0.25) is 0 Å². The van der Waals surface area contributed by atoms with Crippen molar-refractivity contribution in [2.24, 2.45) is 5.10 Å². The van der Waals surface area contributed by atoms with E-state index >= 15 is 0 Å². The molecule has 4 aliphatic rings. The maximum atomic E-state index is 13.1. The molecule has 0 saturated carbocycles. The van der Waals surface area contributed by atoms with E-state index in [1.807, 2.05) is 12.1 Å². The van der Waals surface area contributed by atoms with Gasteiger partial charge >= 0.3 is 0 Å². The smallest absolute Gasteiger partial charge is 0.176 e. The van der Waals surface area contributed by atoms with Crippen LogP contribution in [0.5, 0.6) is 5.75 Å². The second kappa shape index (κ2) is 7.96. The van der Waals surface area contributed by atoms with Gasteiger partial charge in [0.25, 0.3) is 0 Å². The molecule has 2 aromatic carbocycles. The molecule has 4 aliphatic heterocycles. The quantitative estimate of drug-likeness (QED) is 0.679. The number of nitrogens with zero attached hydrogens (tertiary/aromatic N) is 3. The van der Waals surface area contributed by atoms with Gasteiger partial charge in [0, 0.05) is 19.5 Å². The number of Topliss-reactive ketones (excluding diaryl/α,β-unsaturated/α-hetero) is 1. The minimum atomic E-state index is -0.496. The predicted molar refractivity (Wildman–Crippen MR) is 128 cm³/mol. The monoisotopic (exact) mass is 445 g/mol. The first kappa shape index (κ1) is 20.9. The van der Waals surface area contributed by atoms with Gasteiger partial charge in [-0.05, 0) is 56.0 Å². The number of ketones is 1. The third-order valence-corrected chi connectivity index (χ3v) is 7.90. The molecule has 6 nitrogen and oxygen atoms in total. The average Bonchev–Trinajstić information content (AvgIpc) is 3.53. The van der Waals surface area contributed by atoms with Crippen molar-refractivity contribution in [3.63, 3.8) is 0 Å². The van der Waals surface area contributed by atoms with Crippen LogP contribution in [0.1, 0.15) is 37.3 Å². The summed E-state index contributed by atoms with van der Waals surface area (Å²) in [5, 5.41) is 7.07. The van der Waals surface area contributed by atoms with Gasteiger partial charge in [0.15, 0.2) is 5.78 Å². The third-order valence-electron chi connectivity index (χ3n) is 7.90. The number of carbonyl (C=O) groups is 1. The highest BCUT2D eigenvalue weighted by atomic mass is 16.5. The van der Waals surface area contributed by atoms with Crippen molar-refractivity contribution in [1.29, 1.82) is 0 Å². The number of aryl methyl sites for hydroxylation is 1. The lowest BCUT2D eigenvalue weighted by molar-refractivity contribution is -0.111. The van der Waals surface area contributed by atoms with Crippen LogP contribution >= 0.6 is 0 Å². The Bertz CT molecular complexity index is 1100. The van der Waals surface area contributed by atoms with E-state index in [1.165, 1.54) is 0 Å². The predicted octanol–water partition coefficient (Wildman–Crippen LogP) is 3.71. The minimum absolute atomic E-state index is 0.0380. The van der Waals surface area contributed by atoms with Crippen LogP contribution in [0.25, 0.3) is 0 Å². The normalized spacial score (nSPS) is 30.1. The number of morpholine rings is 1. The Hall–Kier alpha value is -2.70. The Kier molecular flexibility index (Phi) is 5.03. The topological polar surface area (TPSA) is 54.4 Å². The largest absolute Gasteiger partial charge is 0.489 e. The summed E-state index contributed by atoms with van der Waals surface area (Å²) in [6.07, 6.45) is 3.41. The van der Waals surface area contributed by atoms with Gasteiger partial charge in [-0.3, -0.25) is 14.7 Å². The van der Waals surface area contributed by atoms with Crippen molar-refractivity contribution in [2.45, 2.75) is 56.7 Å². The number of benzene rings is 2. The maximum Gasteiger partial charge on any atom is 0.176 e. The fourth-order valence-electron chi connectivity index (χ4n) is 6.36. The molecule has 2 fully saturated rings. The molecule has 2 bridgehead atoms. The number of carbonyl (C=O) groups excluding carboxylic acids is 1. The molecule has 6 heteroatoms. The molecule has 4 heterocycles. The summed E-state index contributed by atoms with van der Waals surface area (Å²) in [6, 6.07) is 17.2. The van der Waals surface area contributed by atoms with E-state index < -0.39 is 5.41 Å². The minimum Gasteiger partial charge on any atom is -0.489 e. The van der Waals surface area contributed by atoms with E-state index in [0.29, 0.717) is 24.5 Å². The van der Waals surface area contributed by atoms with E-state index in [2.05, 4.69) is 53.2 Å². The number of anilines is 1. The number of hydrogen-bond acceptors (Lipinski definition) is 6. The zero-order valence-corrected chi connectivity index (χ0v) is 19.4. The van der Waals surface area contributed by atoms with Gasteiger partial charge in [0.05, 0.1) is 18.1 Å². The van der Waals surface area contributed by atoms with Crippen LogP contribution in [0, 0.1) is 6.92 Å². The molecule has 0 aliphatic carbocycles. The Morgan fingerprint density at radius 1 is 1.18 bits per heavy atom. The molecule has 0 amide bonds. The number of rotatable bonds is 6. The molecular formula is C27H31N3O3. The summed E-state index contributed by atoms with van der Waals surface area (Å²) >= 11 is 0. The maximum absolute atomic E-state index is 13.1. The molecule has 0 N–H and O–H groups in total. The van der Waals surface area contributed by atoms with Crippen LogP contribution in [0.4, 0.5) is 5.69 Å². The highest BCUT2D eigenvalue weighted by molar-refractivity contribution is 6.43. The van der Waals surface area contributed by atoms with Crippen molar-refractivity contribution in [3.8, 4) is 5.75 Å². The Morgan fingerprint density at radius 2 is 2.03 bits per heavy atom. The molecule has 4 atom stereocenters. The van der Waals surface area contributed by atoms with Crippen molar-refractivity contribution in [2.75, 3.05) is 31.3 Å². The number of likely N-dealkylation sites (tertiary alicyclic amines) is 1. The first-order chi connectivity index (χ1) is 16.1. The van der Waals surface area contributed by atoms with E-state index in [9.17, 15) is 4.79 Å². The van der Waals surface area contributed by atoms with Crippen molar-refractivity contribution >= 4 is 17.2 Å². The first-order valence-electron chi connectivity index (χ1n) is 12.1. The van der Waals surface area contributed by atoms with Gasteiger partial charge in [0.2, 0.25) is 0 Å². The summed E-state index contributed by atoms with van der Waals surface area (Å²) in [5.74, 6) is 0.872. The van der Waals surface area contributed by atoms with Crippen molar-refractivity contribution in [3.05, 3.63) is 59.7 Å². The van der Waals surface area contributed by atoms with Crippen LogP contribution in [0.15, 0.2) is 53.6 Å². The van der Waals surface area contributed by atoms with Crippen LogP contribution in [0.3, 0.4) is 0 Å². The summed E-state index contributed by atoms with van der Waals surface area (Å²) in [7, 11) is 0. The summed E-state index contributed by atoms with van der Waals surface area (Å²) in [5.41, 5.74) is 3.42. The van der Waals surface area contributed by atoms with Crippen LogP contribution in [-0.2, 0) is 14.9 Å². The van der Waals surface area contributed by atoms with E-state index in [-0.39, 0.29) is 11.8 Å². The Balaban J connectivity index is 1.37. The summed E-state index contributed by atoms with van der Waals surface area (Å²) < 4.78 is 12.0. The molecule has 2 saturated heterocycles. The Labute approximate surface area is 195 Å². The van der Waals surface area contributed by atoms with Crippen LogP contribution in [-0.4, -0.2) is 60.9 Å². The standard InChI is InChI=1S/C27H31N3O3/c1-18-9-10-24-23(13-18)30-25(17-33-24)27(26(28-30)19(2)31,20-7-4-3-5-8-20)11-6-12-29-15-22-14-21(29)16-32-22/h3-5,7-10,13,21-22,25H,6,11-12,14-17H2,1-2H3/t21?,22?,25-,27+/m0/s1. The molecule has 0 spiro atoms. The fraction of sp³-hybridized carbons (Fsp3) is 0.481. The second-order valence-electron chi connectivity index (χ2n) is 9.93. The van der Waals surface area contributed by atoms with Gasteiger partial charge in [-0.2, -0.15) is 5.10 Å². The van der Waals surface area contributed by atoms with E-state index in [4.69, 9.17) is 14.6 Å². The SMILES string of the molecule is CC(=O)C1=NN2c3cc(C)ccc3OC[C@H]2[C@@]1(CCCN1CC2CC1CO2)c1ccccc1. The Morgan fingerprint density at radius 3 is 2.76 bits per heavy atom. The van der Waals surface area contributed by atoms with Gasteiger partial charge in [-0.15, -0.1) is 0 Å². The molecule has 0 radical (unpaired) electrons. The number of hydrazone groups is 1. The molecule has 172 valence electrons. The molecular weight excluding hydrogens is 414 g/mol. The van der Waals surface area contributed by atoms with Crippen molar-refractivity contribution in [1.82, 2.24) is 4.90 Å². The lowest BCUT2D eigenvalue weighted by Gasteiger charge is -2.42. The van der Waals surface area contributed by atoms with E-state index in [1.54, 1.807) is 6.92 Å². The zero-order chi connectivity index (χ0) is 22.6. The lowest BCUT2D eigenvalue weighted by Crippen LogP contribution is -2.54. The molecule has 2 unspecified atom stereocenters. The highest BCUT2D eigenvalue weighted by Gasteiger charge is 2.56. The third kappa shape index (κ3) is 3.30. The van der Waals surface area contributed by atoms with Crippen LogP contribution < -0.4 is 9.75 Å². The summed E-state index contributed by atoms with van der Waals surface area (Å²) in [4.78, 5) is 15.6. The van der Waals surface area contributed by atoms with Gasteiger partial charge in [-0.25, -0.2) is 0 Å². The number of hydrogen-bond donors (Lipinski definition) is 0. The average molecular weight is 446 g/mol. The summed E-state index contributed by atoms with van der Waals surface area (Å²) in [6.45, 7) is 7.15. The van der Waals surface area contributed by atoms with Gasteiger partial charge in [-0.1, -0.05) is 36.4 Å². The zero-order valence-electron chi connectivity index (χ0n) is 19.4. The second-order valence-corrected chi connectivity index (χ2v) is 9.93. The van der Waals surface area contributed by atoms with Gasteiger partial charge < -0.3 is 9.47 Å². The number of fused-ring (bicyclic) bond motifs is 5. The van der Waals surface area contributed by atoms with E-state index in [0.717, 1.165) is 61.5 Å². The molecule has 0 aromatic heterocycles. The fourth-order valence-corrected chi connectivity index (χ4v) is 6.36. The highest BCUT2D eigenvalue weighted by Crippen LogP contribution is 2.48. The molecule has 2 aromatic rings. The molecule has 6 rings (SSSR count). The molecule has 33 heavy (non-hydrogen) atoms. The van der Waals surface area contributed by atoms with Crippen molar-refractivity contribution < 1.29 is 14.3 Å². The first-order valence-corrected chi connectivity index (χ1v) is 12.1.